The fourth-order valence-corrected chi connectivity index (χ4v) is 8.08. The predicted molar refractivity (Wildman–Crippen MR) is 169 cm³/mol. The first-order valence-electron chi connectivity index (χ1n) is 15.7. The maximum Gasteiger partial charge on any atom is 0.350 e. The van der Waals surface area contributed by atoms with Crippen molar-refractivity contribution in [3.05, 3.63) is 59.7 Å². The lowest BCUT2D eigenvalue weighted by molar-refractivity contribution is -0.179. The van der Waals surface area contributed by atoms with Crippen LogP contribution in [0.25, 0.3) is 27.3 Å². The van der Waals surface area contributed by atoms with Gasteiger partial charge >= 0.3 is 5.97 Å². The highest BCUT2D eigenvalue weighted by molar-refractivity contribution is 7.18. The van der Waals surface area contributed by atoms with Crippen LogP contribution < -0.4 is 4.90 Å². The molecule has 4 heterocycles. The fourth-order valence-electron chi connectivity index (χ4n) is 7.00. The van der Waals surface area contributed by atoms with E-state index in [4.69, 9.17) is 14.2 Å². The number of anilines is 1. The maximum absolute atomic E-state index is 14.4. The van der Waals surface area contributed by atoms with Gasteiger partial charge in [-0.25, -0.2) is 14.3 Å². The van der Waals surface area contributed by atoms with Gasteiger partial charge in [-0.3, -0.25) is 4.79 Å². The second-order valence-corrected chi connectivity index (χ2v) is 13.4. The molecule has 1 aliphatic heterocycles. The summed E-state index contributed by atoms with van der Waals surface area (Å²) in [5, 5.41) is 4.64. The van der Waals surface area contributed by atoms with Crippen molar-refractivity contribution in [1.82, 2.24) is 14.6 Å². The summed E-state index contributed by atoms with van der Waals surface area (Å²) < 4.78 is 19.0. The molecule has 0 unspecified atom stereocenters. The van der Waals surface area contributed by atoms with Crippen LogP contribution in [-0.4, -0.2) is 58.6 Å². The standard InChI is InChI=1S/C34H38N4O5S/c1-22-4-6-25(7-5-22)32(39)38(26-12-14-34(15-13-26)42-18-19-43-34)28-21-29(44-31(28)33(40)41-2)24-10-8-23(9-11-24)27-20-30-35-16-3-17-37(30)36-27/h3,8-11,16-17,20-22,25-26H,4-7,12-15,18-19H2,1-2H3/t22-,25-. The van der Waals surface area contributed by atoms with Crippen molar-refractivity contribution in [2.75, 3.05) is 25.2 Å². The molecule has 2 aliphatic carbocycles. The lowest BCUT2D eigenvalue weighted by atomic mass is 9.81. The number of methoxy groups -OCH3 is 1. The number of rotatable bonds is 6. The van der Waals surface area contributed by atoms with E-state index < -0.39 is 11.8 Å². The van der Waals surface area contributed by atoms with Gasteiger partial charge in [0.1, 0.15) is 4.88 Å². The third-order valence-corrected chi connectivity index (χ3v) is 10.7. The average Bonchev–Trinajstić information content (AvgIpc) is 3.81. The Labute approximate surface area is 261 Å². The van der Waals surface area contributed by atoms with Crippen LogP contribution in [0, 0.1) is 11.8 Å². The van der Waals surface area contributed by atoms with Crippen LogP contribution in [0.1, 0.15) is 68.0 Å². The second kappa shape index (κ2) is 12.1. The molecule has 4 aromatic rings. The molecule has 9 nitrogen and oxygen atoms in total. The van der Waals surface area contributed by atoms with Gasteiger partial charge in [-0.05, 0) is 62.1 Å². The molecule has 3 aliphatic rings. The Morgan fingerprint density at radius 2 is 1.70 bits per heavy atom. The summed E-state index contributed by atoms with van der Waals surface area (Å²) in [5.74, 6) is -0.243. The van der Waals surface area contributed by atoms with Crippen molar-refractivity contribution in [1.29, 1.82) is 0 Å². The highest BCUT2D eigenvalue weighted by Gasteiger charge is 2.44. The summed E-state index contributed by atoms with van der Waals surface area (Å²) >= 11 is 1.38. The molecule has 0 atom stereocenters. The Kier molecular flexibility index (Phi) is 7.99. The number of amides is 1. The Hall–Kier alpha value is -3.60. The summed E-state index contributed by atoms with van der Waals surface area (Å²) in [7, 11) is 1.40. The van der Waals surface area contributed by atoms with Crippen molar-refractivity contribution in [2.24, 2.45) is 11.8 Å². The minimum atomic E-state index is -0.533. The van der Waals surface area contributed by atoms with Gasteiger partial charge in [-0.1, -0.05) is 31.2 Å². The van der Waals surface area contributed by atoms with E-state index in [1.54, 1.807) is 10.7 Å². The number of carbonyl (C=O) groups excluding carboxylic acids is 2. The number of aromatic nitrogens is 3. The Morgan fingerprint density at radius 1 is 1.00 bits per heavy atom. The number of benzene rings is 1. The fraction of sp³-hybridized carbons (Fsp3) is 0.471. The van der Waals surface area contributed by atoms with E-state index in [0.29, 0.717) is 29.7 Å². The molecule has 0 N–H and O–H groups in total. The SMILES string of the molecule is COC(=O)c1sc(-c2ccc(-c3cc4ncccn4n3)cc2)cc1N(C(=O)[C@H]1CC[C@H](C)CC1)C1CCC2(CC1)OCCO2. The molecule has 3 aromatic heterocycles. The minimum Gasteiger partial charge on any atom is -0.465 e. The van der Waals surface area contributed by atoms with Gasteiger partial charge in [0.05, 0.1) is 31.7 Å². The van der Waals surface area contributed by atoms with E-state index in [0.717, 1.165) is 78.7 Å². The minimum absolute atomic E-state index is 0.0443. The predicted octanol–water partition coefficient (Wildman–Crippen LogP) is 6.76. The molecule has 0 radical (unpaired) electrons. The highest BCUT2D eigenvalue weighted by atomic mass is 32.1. The number of hydrogen-bond acceptors (Lipinski definition) is 8. The average molecular weight is 615 g/mol. The number of ether oxygens (including phenoxy) is 3. The van der Waals surface area contributed by atoms with Crippen LogP contribution >= 0.6 is 11.3 Å². The van der Waals surface area contributed by atoms with Crippen molar-refractivity contribution in [2.45, 2.75) is 70.1 Å². The number of thiophene rings is 1. The first-order chi connectivity index (χ1) is 21.4. The highest BCUT2D eigenvalue weighted by Crippen LogP contribution is 2.44. The summed E-state index contributed by atoms with van der Waals surface area (Å²) in [6.45, 7) is 3.49. The zero-order valence-electron chi connectivity index (χ0n) is 25.2. The van der Waals surface area contributed by atoms with E-state index in [1.165, 1.54) is 18.4 Å². The van der Waals surface area contributed by atoms with Gasteiger partial charge in [0.25, 0.3) is 0 Å². The molecule has 44 heavy (non-hydrogen) atoms. The third kappa shape index (κ3) is 5.55. The third-order valence-electron chi connectivity index (χ3n) is 9.54. The van der Waals surface area contributed by atoms with Gasteiger partial charge in [0.2, 0.25) is 5.91 Å². The number of esters is 1. The van der Waals surface area contributed by atoms with Gasteiger partial charge in [0, 0.05) is 53.7 Å². The van der Waals surface area contributed by atoms with Crippen molar-refractivity contribution in [3.63, 3.8) is 0 Å². The van der Waals surface area contributed by atoms with Crippen LogP contribution in [0.3, 0.4) is 0 Å². The Balaban J connectivity index is 1.22. The topological polar surface area (TPSA) is 95.3 Å². The Bertz CT molecular complexity index is 1610. The number of fused-ring (bicyclic) bond motifs is 1. The molecule has 3 fully saturated rings. The number of carbonyl (C=O) groups is 2. The van der Waals surface area contributed by atoms with Crippen LogP contribution in [0.2, 0.25) is 0 Å². The molecule has 230 valence electrons. The molecule has 7 rings (SSSR count). The van der Waals surface area contributed by atoms with Crippen molar-refractivity contribution >= 4 is 34.5 Å². The monoisotopic (exact) mass is 614 g/mol. The first kappa shape index (κ1) is 29.1. The summed E-state index contributed by atoms with van der Waals surface area (Å²) in [5.41, 5.74) is 4.21. The number of hydrogen-bond donors (Lipinski definition) is 0. The Morgan fingerprint density at radius 3 is 2.39 bits per heavy atom. The van der Waals surface area contributed by atoms with Gasteiger partial charge < -0.3 is 19.1 Å². The molecule has 1 amide bonds. The van der Waals surface area contributed by atoms with Gasteiger partial charge in [-0.15, -0.1) is 11.3 Å². The van der Waals surface area contributed by atoms with Gasteiger partial charge in [-0.2, -0.15) is 5.10 Å². The summed E-state index contributed by atoms with van der Waals surface area (Å²) in [6, 6.07) is 13.9. The van der Waals surface area contributed by atoms with E-state index in [9.17, 15) is 9.59 Å². The smallest absolute Gasteiger partial charge is 0.350 e. The van der Waals surface area contributed by atoms with E-state index >= 15 is 0 Å². The van der Waals surface area contributed by atoms with Crippen LogP contribution in [0.15, 0.2) is 54.9 Å². The van der Waals surface area contributed by atoms with Crippen LogP contribution in [0.5, 0.6) is 0 Å². The molecule has 1 aromatic carbocycles. The summed E-state index contributed by atoms with van der Waals surface area (Å²) in [6.07, 6.45) is 10.5. The molecule has 1 spiro atoms. The molecular formula is C34H38N4O5S. The summed E-state index contributed by atoms with van der Waals surface area (Å²) in [4.78, 5) is 35.3. The van der Waals surface area contributed by atoms with E-state index in [1.807, 2.05) is 53.6 Å². The molecule has 0 bridgehead atoms. The molecular weight excluding hydrogens is 576 g/mol. The van der Waals surface area contributed by atoms with E-state index in [-0.39, 0.29) is 17.9 Å². The van der Waals surface area contributed by atoms with Gasteiger partial charge in [0.15, 0.2) is 11.4 Å². The molecule has 2 saturated carbocycles. The van der Waals surface area contributed by atoms with Crippen molar-refractivity contribution in [3.8, 4) is 21.7 Å². The number of nitrogens with zero attached hydrogens (tertiary/aromatic N) is 4. The second-order valence-electron chi connectivity index (χ2n) is 12.3. The lowest BCUT2D eigenvalue weighted by Crippen LogP contribution is -2.49. The van der Waals surface area contributed by atoms with Crippen molar-refractivity contribution < 1.29 is 23.8 Å². The maximum atomic E-state index is 14.4. The largest absolute Gasteiger partial charge is 0.465 e. The zero-order chi connectivity index (χ0) is 30.3. The molecule has 1 saturated heterocycles. The van der Waals surface area contributed by atoms with E-state index in [2.05, 4.69) is 17.0 Å². The zero-order valence-corrected chi connectivity index (χ0v) is 26.1. The quantitative estimate of drug-likeness (QED) is 0.222. The lowest BCUT2D eigenvalue weighted by Gasteiger charge is -2.42. The van der Waals surface area contributed by atoms with Crippen LogP contribution in [-0.2, 0) is 19.0 Å². The molecule has 10 heteroatoms. The first-order valence-corrected chi connectivity index (χ1v) is 16.5. The van der Waals surface area contributed by atoms with Crippen LogP contribution in [0.4, 0.5) is 5.69 Å². The normalized spacial score (nSPS) is 22.0.